The number of nitrogens with zero attached hydrogens (tertiary/aromatic N) is 1. The second-order valence-corrected chi connectivity index (χ2v) is 7.41. The molecule has 152 valence electrons. The smallest absolute Gasteiger partial charge is 0.344 e. The van der Waals surface area contributed by atoms with Crippen molar-refractivity contribution >= 4 is 34.8 Å². The number of carbonyl (C=O) groups excluding carboxylic acids is 2. The maximum absolute atomic E-state index is 13.4. The molecule has 0 amide bonds. The Bertz CT molecular complexity index is 877. The summed E-state index contributed by atoms with van der Waals surface area (Å²) in [5.74, 6) is -1.81. The van der Waals surface area contributed by atoms with E-state index in [0.29, 0.717) is 17.1 Å². The van der Waals surface area contributed by atoms with Crippen LogP contribution < -0.4 is 4.90 Å². The summed E-state index contributed by atoms with van der Waals surface area (Å²) in [6, 6.07) is 17.0. The molecule has 1 aliphatic rings. The van der Waals surface area contributed by atoms with Crippen molar-refractivity contribution in [2.75, 3.05) is 18.1 Å². The lowest BCUT2D eigenvalue weighted by molar-refractivity contribution is -0.164. The van der Waals surface area contributed by atoms with Crippen LogP contribution >= 0.6 is 12.2 Å². The van der Waals surface area contributed by atoms with E-state index in [0.717, 1.165) is 11.1 Å². The van der Waals surface area contributed by atoms with Crippen molar-refractivity contribution in [3.05, 3.63) is 65.7 Å². The molecule has 6 heteroatoms. The summed E-state index contributed by atoms with van der Waals surface area (Å²) in [6.45, 7) is 5.71. The van der Waals surface area contributed by atoms with E-state index in [1.165, 1.54) is 0 Å². The summed E-state index contributed by atoms with van der Waals surface area (Å²) in [6.07, 6.45) is 0.366. The Hall–Kier alpha value is -2.73. The Labute approximate surface area is 176 Å². The fourth-order valence-corrected chi connectivity index (χ4v) is 4.30. The molecule has 1 fully saturated rings. The van der Waals surface area contributed by atoms with E-state index in [1.807, 2.05) is 61.5 Å². The highest BCUT2D eigenvalue weighted by atomic mass is 32.1. The van der Waals surface area contributed by atoms with Crippen molar-refractivity contribution in [2.24, 2.45) is 0 Å². The van der Waals surface area contributed by atoms with Crippen LogP contribution in [-0.2, 0) is 19.1 Å². The highest BCUT2D eigenvalue weighted by Crippen LogP contribution is 2.47. The minimum absolute atomic E-state index is 0.149. The predicted octanol–water partition coefficient (Wildman–Crippen LogP) is 4.18. The molecule has 0 aromatic heterocycles. The van der Waals surface area contributed by atoms with Gasteiger partial charge in [0.2, 0.25) is 5.54 Å². The highest BCUT2D eigenvalue weighted by molar-refractivity contribution is 7.80. The van der Waals surface area contributed by atoms with Crippen LogP contribution in [0.15, 0.2) is 54.6 Å². The zero-order valence-corrected chi connectivity index (χ0v) is 17.7. The molecule has 1 heterocycles. The lowest BCUT2D eigenvalue weighted by atomic mass is 9.79. The lowest BCUT2D eigenvalue weighted by Gasteiger charge is -2.38. The van der Waals surface area contributed by atoms with Gasteiger partial charge in [0, 0.05) is 18.0 Å². The monoisotopic (exact) mass is 411 g/mol. The van der Waals surface area contributed by atoms with Crippen molar-refractivity contribution in [2.45, 2.75) is 38.6 Å². The standard InChI is InChI=1S/C23H25NO4S/c1-4-27-21(25)23(22(26)28-5-2)19(17-9-7-6-8-10-17)15-20(29)24(23)18-13-11-16(3)12-14-18/h6-14,19H,4-5,15H2,1-3H3. The van der Waals surface area contributed by atoms with E-state index in [2.05, 4.69) is 0 Å². The maximum atomic E-state index is 13.4. The van der Waals surface area contributed by atoms with Crippen LogP contribution in [0.5, 0.6) is 0 Å². The number of hydrogen-bond acceptors (Lipinski definition) is 5. The van der Waals surface area contributed by atoms with Gasteiger partial charge in [0.05, 0.1) is 18.2 Å². The van der Waals surface area contributed by atoms with Gasteiger partial charge in [-0.1, -0.05) is 60.2 Å². The van der Waals surface area contributed by atoms with Gasteiger partial charge in [0.1, 0.15) is 0 Å². The fraction of sp³-hybridized carbons (Fsp3) is 0.348. The Morgan fingerprint density at radius 1 is 1.00 bits per heavy atom. The third-order valence-corrected chi connectivity index (χ3v) is 5.50. The third-order valence-electron chi connectivity index (χ3n) is 5.15. The summed E-state index contributed by atoms with van der Waals surface area (Å²) in [5.41, 5.74) is 0.863. The minimum atomic E-state index is -1.71. The first-order valence-electron chi connectivity index (χ1n) is 9.75. The Morgan fingerprint density at radius 3 is 2.07 bits per heavy atom. The number of benzene rings is 2. The average molecular weight is 412 g/mol. The Balaban J connectivity index is 2.26. The molecule has 1 unspecified atom stereocenters. The highest BCUT2D eigenvalue weighted by Gasteiger charge is 2.65. The number of rotatable bonds is 6. The van der Waals surface area contributed by atoms with Gasteiger partial charge in [-0.15, -0.1) is 0 Å². The Morgan fingerprint density at radius 2 is 1.55 bits per heavy atom. The van der Waals surface area contributed by atoms with Gasteiger partial charge < -0.3 is 14.4 Å². The number of aryl methyl sites for hydroxylation is 1. The first kappa shape index (κ1) is 21.0. The van der Waals surface area contributed by atoms with E-state index in [4.69, 9.17) is 21.7 Å². The van der Waals surface area contributed by atoms with Crippen molar-refractivity contribution in [1.29, 1.82) is 0 Å². The SMILES string of the molecule is CCOC(=O)C1(C(=O)OCC)C(c2ccccc2)CC(=S)N1c1ccc(C)cc1. The molecule has 29 heavy (non-hydrogen) atoms. The summed E-state index contributed by atoms with van der Waals surface area (Å²) in [4.78, 5) is 29.0. The molecule has 0 aliphatic carbocycles. The van der Waals surface area contributed by atoms with Gasteiger partial charge >= 0.3 is 11.9 Å². The normalized spacial score (nSPS) is 17.8. The number of esters is 2. The zero-order chi connectivity index (χ0) is 21.0. The molecule has 2 aromatic carbocycles. The molecule has 5 nitrogen and oxygen atoms in total. The predicted molar refractivity (Wildman–Crippen MR) is 116 cm³/mol. The quantitative estimate of drug-likeness (QED) is 0.404. The summed E-state index contributed by atoms with van der Waals surface area (Å²) < 4.78 is 10.9. The number of anilines is 1. The summed E-state index contributed by atoms with van der Waals surface area (Å²) >= 11 is 5.70. The van der Waals surface area contributed by atoms with E-state index >= 15 is 0 Å². The first-order valence-corrected chi connectivity index (χ1v) is 10.2. The van der Waals surface area contributed by atoms with E-state index in [9.17, 15) is 9.59 Å². The molecule has 3 rings (SSSR count). The van der Waals surface area contributed by atoms with Crippen LogP contribution in [-0.4, -0.2) is 35.7 Å². The second kappa shape index (κ2) is 8.74. The largest absolute Gasteiger partial charge is 0.464 e. The first-order chi connectivity index (χ1) is 14.0. The van der Waals surface area contributed by atoms with Crippen LogP contribution in [0.1, 0.15) is 37.3 Å². The fourth-order valence-electron chi connectivity index (χ4n) is 3.88. The van der Waals surface area contributed by atoms with Gasteiger partial charge in [-0.3, -0.25) is 0 Å². The van der Waals surface area contributed by atoms with Crippen LogP contribution in [0.25, 0.3) is 0 Å². The number of carbonyl (C=O) groups is 2. The molecule has 0 bridgehead atoms. The van der Waals surface area contributed by atoms with Gasteiger partial charge in [-0.25, -0.2) is 9.59 Å². The summed E-state index contributed by atoms with van der Waals surface area (Å²) in [7, 11) is 0. The van der Waals surface area contributed by atoms with E-state index < -0.39 is 23.4 Å². The van der Waals surface area contributed by atoms with Gasteiger partial charge in [-0.05, 0) is 38.5 Å². The van der Waals surface area contributed by atoms with Crippen LogP contribution in [0, 0.1) is 6.92 Å². The molecular weight excluding hydrogens is 386 g/mol. The molecule has 0 spiro atoms. The summed E-state index contributed by atoms with van der Waals surface area (Å²) in [5, 5.41) is 0. The average Bonchev–Trinajstić information content (AvgIpc) is 3.04. The number of thiocarbonyl (C=S) groups is 1. The van der Waals surface area contributed by atoms with E-state index in [1.54, 1.807) is 18.7 Å². The number of hydrogen-bond donors (Lipinski definition) is 0. The van der Waals surface area contributed by atoms with Crippen molar-refractivity contribution in [3.63, 3.8) is 0 Å². The van der Waals surface area contributed by atoms with Gasteiger partial charge in [-0.2, -0.15) is 0 Å². The van der Waals surface area contributed by atoms with E-state index in [-0.39, 0.29) is 13.2 Å². The molecule has 2 aromatic rings. The van der Waals surface area contributed by atoms with Gasteiger partial charge in [0.15, 0.2) is 0 Å². The molecule has 1 aliphatic heterocycles. The van der Waals surface area contributed by atoms with Crippen LogP contribution in [0.3, 0.4) is 0 Å². The zero-order valence-electron chi connectivity index (χ0n) is 16.9. The molecule has 1 saturated heterocycles. The third kappa shape index (κ3) is 3.65. The van der Waals surface area contributed by atoms with Gasteiger partial charge in [0.25, 0.3) is 0 Å². The Kier molecular flexibility index (Phi) is 6.33. The molecule has 0 saturated carbocycles. The van der Waals surface area contributed by atoms with Crippen LogP contribution in [0.2, 0.25) is 0 Å². The lowest BCUT2D eigenvalue weighted by Crippen LogP contribution is -2.62. The van der Waals surface area contributed by atoms with Crippen molar-refractivity contribution in [3.8, 4) is 0 Å². The van der Waals surface area contributed by atoms with Crippen molar-refractivity contribution < 1.29 is 19.1 Å². The van der Waals surface area contributed by atoms with Crippen LogP contribution in [0.4, 0.5) is 5.69 Å². The molecule has 0 radical (unpaired) electrons. The maximum Gasteiger partial charge on any atom is 0.344 e. The molecule has 1 atom stereocenters. The minimum Gasteiger partial charge on any atom is -0.464 e. The molecule has 0 N–H and O–H groups in total. The number of ether oxygens (including phenoxy) is 2. The molecular formula is C23H25NO4S. The topological polar surface area (TPSA) is 55.8 Å². The van der Waals surface area contributed by atoms with Crippen molar-refractivity contribution in [1.82, 2.24) is 0 Å². The second-order valence-electron chi connectivity index (χ2n) is 6.94.